The lowest BCUT2D eigenvalue weighted by atomic mass is 9.99. The third kappa shape index (κ3) is 3.18. The molecule has 0 unspecified atom stereocenters. The molecule has 0 bridgehead atoms. The summed E-state index contributed by atoms with van der Waals surface area (Å²) in [5.41, 5.74) is 2.04. The zero-order valence-electron chi connectivity index (χ0n) is 11.6. The van der Waals surface area contributed by atoms with E-state index in [-0.39, 0.29) is 0 Å². The van der Waals surface area contributed by atoms with Gasteiger partial charge in [0.25, 0.3) is 0 Å². The van der Waals surface area contributed by atoms with Gasteiger partial charge in [0, 0.05) is 17.5 Å². The fourth-order valence-electron chi connectivity index (χ4n) is 2.91. The van der Waals surface area contributed by atoms with Gasteiger partial charge in [-0.2, -0.15) is 0 Å². The monoisotopic (exact) mass is 286 g/mol. The molecule has 1 saturated carbocycles. The van der Waals surface area contributed by atoms with Gasteiger partial charge in [0.2, 0.25) is 0 Å². The quantitative estimate of drug-likeness (QED) is 0.558. The summed E-state index contributed by atoms with van der Waals surface area (Å²) in [4.78, 5) is 9.25. The van der Waals surface area contributed by atoms with Crippen molar-refractivity contribution in [3.05, 3.63) is 47.4 Å². The number of nitrogens with zero attached hydrogens (tertiary/aromatic N) is 2. The van der Waals surface area contributed by atoms with Gasteiger partial charge in [0.15, 0.2) is 0 Å². The number of hydrogen-bond donors (Lipinski definition) is 0. The molecule has 1 aliphatic rings. The van der Waals surface area contributed by atoms with Crippen LogP contribution >= 0.6 is 11.6 Å². The van der Waals surface area contributed by atoms with Crippen molar-refractivity contribution in [3.8, 4) is 11.3 Å². The predicted octanol–water partition coefficient (Wildman–Crippen LogP) is 5.23. The van der Waals surface area contributed by atoms with Crippen LogP contribution in [0.3, 0.4) is 0 Å². The summed E-state index contributed by atoms with van der Waals surface area (Å²) in [6, 6.07) is 12.0. The minimum absolute atomic E-state index is 0.471. The lowest BCUT2D eigenvalue weighted by Crippen LogP contribution is -2.05. The molecule has 0 atom stereocenters. The molecule has 3 heteroatoms. The minimum Gasteiger partial charge on any atom is -0.232 e. The van der Waals surface area contributed by atoms with E-state index >= 15 is 0 Å². The molecule has 0 amide bonds. The van der Waals surface area contributed by atoms with Crippen molar-refractivity contribution in [3.63, 3.8) is 0 Å². The highest BCUT2D eigenvalue weighted by Gasteiger charge is 2.18. The van der Waals surface area contributed by atoms with Crippen LogP contribution in [0, 0.1) is 0 Å². The normalized spacial score (nSPS) is 16.9. The van der Waals surface area contributed by atoms with Crippen LogP contribution in [0.25, 0.3) is 11.3 Å². The Labute approximate surface area is 125 Å². The van der Waals surface area contributed by atoms with Gasteiger partial charge in [-0.05, 0) is 12.8 Å². The SMILES string of the molecule is Clc1cc(-c2ccccc2)nc(C2CCCCCC2)n1. The van der Waals surface area contributed by atoms with Crippen molar-refractivity contribution in [1.29, 1.82) is 0 Å². The van der Waals surface area contributed by atoms with Gasteiger partial charge >= 0.3 is 0 Å². The summed E-state index contributed by atoms with van der Waals surface area (Å²) in [7, 11) is 0. The van der Waals surface area contributed by atoms with E-state index in [1.54, 1.807) is 0 Å². The maximum Gasteiger partial charge on any atom is 0.133 e. The molecule has 0 spiro atoms. The molecule has 1 heterocycles. The van der Waals surface area contributed by atoms with E-state index in [1.807, 2.05) is 24.3 Å². The van der Waals surface area contributed by atoms with E-state index in [2.05, 4.69) is 17.1 Å². The van der Waals surface area contributed by atoms with Crippen LogP contribution in [-0.4, -0.2) is 9.97 Å². The van der Waals surface area contributed by atoms with E-state index in [0.29, 0.717) is 11.1 Å². The van der Waals surface area contributed by atoms with Gasteiger partial charge in [-0.3, -0.25) is 0 Å². The summed E-state index contributed by atoms with van der Waals surface area (Å²) < 4.78 is 0. The summed E-state index contributed by atoms with van der Waals surface area (Å²) in [6.45, 7) is 0. The third-order valence-electron chi connectivity index (χ3n) is 4.00. The molecule has 104 valence electrons. The van der Waals surface area contributed by atoms with E-state index in [1.165, 1.54) is 38.5 Å². The first kappa shape index (κ1) is 13.6. The molecular weight excluding hydrogens is 268 g/mol. The molecule has 0 radical (unpaired) electrons. The Balaban J connectivity index is 1.94. The van der Waals surface area contributed by atoms with Gasteiger partial charge in [-0.1, -0.05) is 67.6 Å². The molecule has 2 nitrogen and oxygen atoms in total. The van der Waals surface area contributed by atoms with Gasteiger partial charge < -0.3 is 0 Å². The van der Waals surface area contributed by atoms with Crippen molar-refractivity contribution in [2.45, 2.75) is 44.4 Å². The van der Waals surface area contributed by atoms with Crippen LogP contribution in [0.5, 0.6) is 0 Å². The number of rotatable bonds is 2. The van der Waals surface area contributed by atoms with Crippen LogP contribution in [0.2, 0.25) is 5.15 Å². The Morgan fingerprint density at radius 2 is 1.60 bits per heavy atom. The minimum atomic E-state index is 0.471. The average molecular weight is 287 g/mol. The van der Waals surface area contributed by atoms with Crippen molar-refractivity contribution in [2.75, 3.05) is 0 Å². The molecule has 0 N–H and O–H groups in total. The smallest absolute Gasteiger partial charge is 0.133 e. The fourth-order valence-corrected chi connectivity index (χ4v) is 3.10. The highest BCUT2D eigenvalue weighted by Crippen LogP contribution is 2.31. The zero-order valence-corrected chi connectivity index (χ0v) is 12.3. The summed E-state index contributed by atoms with van der Waals surface area (Å²) in [6.07, 6.45) is 7.61. The molecule has 0 aliphatic heterocycles. The first-order valence-corrected chi connectivity index (χ1v) is 7.80. The second-order valence-electron chi connectivity index (χ2n) is 5.49. The Morgan fingerprint density at radius 3 is 2.30 bits per heavy atom. The van der Waals surface area contributed by atoms with Crippen LogP contribution in [0.4, 0.5) is 0 Å². The molecule has 1 fully saturated rings. The standard InChI is InChI=1S/C17H19ClN2/c18-16-12-15(13-8-6-3-7-9-13)19-17(20-16)14-10-4-1-2-5-11-14/h3,6-9,12,14H,1-2,4-5,10-11H2. The summed E-state index contributed by atoms with van der Waals surface area (Å²) >= 11 is 6.21. The summed E-state index contributed by atoms with van der Waals surface area (Å²) in [5.74, 6) is 1.40. The Hall–Kier alpha value is -1.41. The van der Waals surface area contributed by atoms with E-state index in [4.69, 9.17) is 16.6 Å². The summed E-state index contributed by atoms with van der Waals surface area (Å²) in [5, 5.41) is 0.554. The highest BCUT2D eigenvalue weighted by atomic mass is 35.5. The van der Waals surface area contributed by atoms with Gasteiger partial charge in [0.05, 0.1) is 5.69 Å². The van der Waals surface area contributed by atoms with Gasteiger partial charge in [-0.25, -0.2) is 9.97 Å². The topological polar surface area (TPSA) is 25.8 Å². The first-order chi connectivity index (χ1) is 9.83. The fraction of sp³-hybridized carbons (Fsp3) is 0.412. The molecular formula is C17H19ClN2. The molecule has 1 aromatic carbocycles. The van der Waals surface area contributed by atoms with E-state index in [0.717, 1.165) is 17.1 Å². The van der Waals surface area contributed by atoms with E-state index in [9.17, 15) is 0 Å². The van der Waals surface area contributed by atoms with Gasteiger partial charge in [0.1, 0.15) is 11.0 Å². The predicted molar refractivity (Wildman–Crippen MR) is 82.9 cm³/mol. The largest absolute Gasteiger partial charge is 0.232 e. The number of benzene rings is 1. The van der Waals surface area contributed by atoms with Crippen molar-refractivity contribution in [2.24, 2.45) is 0 Å². The lowest BCUT2D eigenvalue weighted by molar-refractivity contribution is 0.561. The second kappa shape index (κ2) is 6.36. The molecule has 1 aliphatic carbocycles. The molecule has 20 heavy (non-hydrogen) atoms. The molecule has 2 aromatic rings. The first-order valence-electron chi connectivity index (χ1n) is 7.43. The van der Waals surface area contributed by atoms with Crippen LogP contribution in [0.1, 0.15) is 50.3 Å². The van der Waals surface area contributed by atoms with Crippen molar-refractivity contribution < 1.29 is 0 Å². The Bertz CT molecular complexity index is 560. The second-order valence-corrected chi connectivity index (χ2v) is 5.88. The van der Waals surface area contributed by atoms with Crippen molar-refractivity contribution >= 4 is 11.6 Å². The van der Waals surface area contributed by atoms with E-state index < -0.39 is 0 Å². The Morgan fingerprint density at radius 1 is 0.900 bits per heavy atom. The molecule has 0 saturated heterocycles. The molecule has 3 rings (SSSR count). The van der Waals surface area contributed by atoms with Gasteiger partial charge in [-0.15, -0.1) is 0 Å². The maximum absolute atomic E-state index is 6.21. The Kier molecular flexibility index (Phi) is 4.31. The lowest BCUT2D eigenvalue weighted by Gasteiger charge is -2.14. The number of halogens is 1. The molecule has 1 aromatic heterocycles. The number of aromatic nitrogens is 2. The maximum atomic E-state index is 6.21. The van der Waals surface area contributed by atoms with Crippen LogP contribution < -0.4 is 0 Å². The highest BCUT2D eigenvalue weighted by molar-refractivity contribution is 6.29. The average Bonchev–Trinajstić information content (AvgIpc) is 2.77. The third-order valence-corrected chi connectivity index (χ3v) is 4.20. The van der Waals surface area contributed by atoms with Crippen LogP contribution in [0.15, 0.2) is 36.4 Å². The van der Waals surface area contributed by atoms with Crippen molar-refractivity contribution in [1.82, 2.24) is 9.97 Å². The number of hydrogen-bond acceptors (Lipinski definition) is 2. The zero-order chi connectivity index (χ0) is 13.8. The van der Waals surface area contributed by atoms with Crippen LogP contribution in [-0.2, 0) is 0 Å².